The van der Waals surface area contributed by atoms with Crippen molar-refractivity contribution in [2.24, 2.45) is 0 Å². The van der Waals surface area contributed by atoms with Gasteiger partial charge in [0.15, 0.2) is 0 Å². The summed E-state index contributed by atoms with van der Waals surface area (Å²) in [7, 11) is 0. The lowest BCUT2D eigenvalue weighted by molar-refractivity contribution is 0.304. The minimum Gasteiger partial charge on any atom is -0.494 e. The topological polar surface area (TPSA) is 22.1 Å². The largest absolute Gasteiger partial charge is 0.494 e. The molecule has 0 unspecified atom stereocenters. The summed E-state index contributed by atoms with van der Waals surface area (Å²) in [6.45, 7) is 3.06. The second-order valence-electron chi connectivity index (χ2n) is 5.77. The highest BCUT2D eigenvalue weighted by Crippen LogP contribution is 2.15. The number of hydrogen-bond acceptors (Lipinski definition) is 2. The minimum absolute atomic E-state index is 0.815. The number of aromatic nitrogens is 1. The van der Waals surface area contributed by atoms with Crippen LogP contribution in [0.5, 0.6) is 5.75 Å². The van der Waals surface area contributed by atoms with Crippen LogP contribution in [0.1, 0.15) is 56.7 Å². The van der Waals surface area contributed by atoms with E-state index in [4.69, 9.17) is 4.74 Å². The molecule has 0 amide bonds. The number of ether oxygens (including phenoxy) is 1. The Balaban J connectivity index is 1.69. The zero-order valence-electron chi connectivity index (χ0n) is 14.1. The van der Waals surface area contributed by atoms with Crippen LogP contribution in [0.15, 0.2) is 48.7 Å². The number of unbranched alkanes of at least 4 members (excludes halogenated alkanes) is 5. The highest BCUT2D eigenvalue weighted by atomic mass is 16.5. The molecule has 0 N–H and O–H groups in total. The molecule has 2 nitrogen and oxygen atoms in total. The molecule has 0 fully saturated rings. The lowest BCUT2D eigenvalue weighted by Gasteiger charge is -2.06. The predicted octanol–water partition coefficient (Wildman–Crippen LogP) is 5.99. The molecule has 1 heterocycles. The first-order valence-electron chi connectivity index (χ1n) is 8.70. The molecule has 0 bridgehead atoms. The van der Waals surface area contributed by atoms with Crippen LogP contribution in [-0.2, 0) is 0 Å². The van der Waals surface area contributed by atoms with Gasteiger partial charge in [0.2, 0.25) is 0 Å². The van der Waals surface area contributed by atoms with Gasteiger partial charge in [-0.1, -0.05) is 63.3 Å². The molecule has 2 rings (SSSR count). The fourth-order valence-electron chi connectivity index (χ4n) is 2.40. The third kappa shape index (κ3) is 7.14. The van der Waals surface area contributed by atoms with Crippen LogP contribution in [0.25, 0.3) is 12.2 Å². The van der Waals surface area contributed by atoms with Gasteiger partial charge in [0.25, 0.3) is 0 Å². The molecule has 0 aliphatic carbocycles. The maximum absolute atomic E-state index is 5.79. The van der Waals surface area contributed by atoms with Gasteiger partial charge in [-0.3, -0.25) is 4.98 Å². The van der Waals surface area contributed by atoms with E-state index in [1.807, 2.05) is 36.4 Å². The Bertz CT molecular complexity index is 560. The summed E-state index contributed by atoms with van der Waals surface area (Å²) in [6.07, 6.45) is 13.6. The summed E-state index contributed by atoms with van der Waals surface area (Å²) in [5.74, 6) is 0.952. The molecule has 0 aliphatic rings. The van der Waals surface area contributed by atoms with Crippen LogP contribution in [0.2, 0.25) is 0 Å². The zero-order valence-corrected chi connectivity index (χ0v) is 14.1. The Labute approximate surface area is 140 Å². The molecule has 0 saturated heterocycles. The standard InChI is InChI=1S/C21H27NO/c1-2-3-4-5-6-9-18-23-21-15-12-19(13-16-21)11-14-20-10-7-8-17-22-20/h7-8,10-17H,2-6,9,18H2,1H3/b14-11+. The molecule has 0 saturated carbocycles. The van der Waals surface area contributed by atoms with Crippen molar-refractivity contribution in [3.8, 4) is 5.75 Å². The van der Waals surface area contributed by atoms with E-state index in [9.17, 15) is 0 Å². The van der Waals surface area contributed by atoms with E-state index in [2.05, 4.69) is 30.1 Å². The molecule has 0 aliphatic heterocycles. The van der Waals surface area contributed by atoms with Gasteiger partial charge in [0.05, 0.1) is 12.3 Å². The first-order chi connectivity index (χ1) is 11.4. The first-order valence-corrected chi connectivity index (χ1v) is 8.70. The Kier molecular flexibility index (Phi) is 7.96. The average Bonchev–Trinajstić information content (AvgIpc) is 2.61. The second-order valence-corrected chi connectivity index (χ2v) is 5.77. The van der Waals surface area contributed by atoms with Crippen molar-refractivity contribution in [2.45, 2.75) is 45.4 Å². The molecule has 0 atom stereocenters. The number of benzene rings is 1. The van der Waals surface area contributed by atoms with Crippen molar-refractivity contribution >= 4 is 12.2 Å². The Morgan fingerprint density at radius 1 is 0.870 bits per heavy atom. The van der Waals surface area contributed by atoms with E-state index in [-0.39, 0.29) is 0 Å². The van der Waals surface area contributed by atoms with E-state index in [0.29, 0.717) is 0 Å². The predicted molar refractivity (Wildman–Crippen MR) is 98.5 cm³/mol. The zero-order chi connectivity index (χ0) is 16.2. The summed E-state index contributed by atoms with van der Waals surface area (Å²) in [5, 5.41) is 0. The van der Waals surface area contributed by atoms with Crippen LogP contribution in [-0.4, -0.2) is 11.6 Å². The van der Waals surface area contributed by atoms with Crippen LogP contribution in [0.4, 0.5) is 0 Å². The maximum atomic E-state index is 5.79. The molecule has 23 heavy (non-hydrogen) atoms. The van der Waals surface area contributed by atoms with Crippen molar-refractivity contribution in [2.75, 3.05) is 6.61 Å². The summed E-state index contributed by atoms with van der Waals surface area (Å²) in [5.41, 5.74) is 2.12. The lowest BCUT2D eigenvalue weighted by atomic mass is 10.1. The van der Waals surface area contributed by atoms with Crippen LogP contribution < -0.4 is 4.74 Å². The Hall–Kier alpha value is -2.09. The number of nitrogens with zero attached hydrogens (tertiary/aromatic N) is 1. The Morgan fingerprint density at radius 2 is 1.65 bits per heavy atom. The number of pyridine rings is 1. The van der Waals surface area contributed by atoms with Gasteiger partial charge in [-0.05, 0) is 42.3 Å². The second kappa shape index (κ2) is 10.6. The maximum Gasteiger partial charge on any atom is 0.119 e. The van der Waals surface area contributed by atoms with Gasteiger partial charge < -0.3 is 4.74 Å². The van der Waals surface area contributed by atoms with Gasteiger partial charge in [-0.25, -0.2) is 0 Å². The molecular formula is C21H27NO. The fourth-order valence-corrected chi connectivity index (χ4v) is 2.40. The molecule has 0 spiro atoms. The third-order valence-electron chi connectivity index (χ3n) is 3.78. The highest BCUT2D eigenvalue weighted by molar-refractivity contribution is 5.68. The van der Waals surface area contributed by atoms with Gasteiger partial charge in [-0.2, -0.15) is 0 Å². The fraction of sp³-hybridized carbons (Fsp3) is 0.381. The van der Waals surface area contributed by atoms with E-state index >= 15 is 0 Å². The third-order valence-corrected chi connectivity index (χ3v) is 3.78. The van der Waals surface area contributed by atoms with E-state index in [1.54, 1.807) is 6.20 Å². The quantitative estimate of drug-likeness (QED) is 0.503. The van der Waals surface area contributed by atoms with E-state index in [0.717, 1.165) is 30.0 Å². The molecule has 0 radical (unpaired) electrons. The SMILES string of the molecule is CCCCCCCCOc1ccc(/C=C/c2ccccn2)cc1. The van der Waals surface area contributed by atoms with Crippen molar-refractivity contribution < 1.29 is 4.74 Å². The highest BCUT2D eigenvalue weighted by Gasteiger charge is 1.95. The van der Waals surface area contributed by atoms with Crippen LogP contribution >= 0.6 is 0 Å². The summed E-state index contributed by atoms with van der Waals surface area (Å²) in [4.78, 5) is 4.28. The molecular weight excluding hydrogens is 282 g/mol. The van der Waals surface area contributed by atoms with Crippen molar-refractivity contribution in [3.05, 3.63) is 59.9 Å². The van der Waals surface area contributed by atoms with Gasteiger partial charge in [-0.15, -0.1) is 0 Å². The van der Waals surface area contributed by atoms with Gasteiger partial charge in [0, 0.05) is 6.20 Å². The molecule has 122 valence electrons. The van der Waals surface area contributed by atoms with Crippen LogP contribution in [0.3, 0.4) is 0 Å². The van der Waals surface area contributed by atoms with Gasteiger partial charge >= 0.3 is 0 Å². The van der Waals surface area contributed by atoms with Crippen molar-refractivity contribution in [1.82, 2.24) is 4.98 Å². The smallest absolute Gasteiger partial charge is 0.119 e. The number of hydrogen-bond donors (Lipinski definition) is 0. The van der Waals surface area contributed by atoms with E-state index in [1.165, 1.54) is 32.1 Å². The van der Waals surface area contributed by atoms with Crippen molar-refractivity contribution in [3.63, 3.8) is 0 Å². The molecule has 2 heteroatoms. The van der Waals surface area contributed by atoms with E-state index < -0.39 is 0 Å². The molecule has 2 aromatic rings. The Morgan fingerprint density at radius 3 is 2.39 bits per heavy atom. The van der Waals surface area contributed by atoms with Gasteiger partial charge in [0.1, 0.15) is 5.75 Å². The first kappa shape index (κ1) is 17.3. The van der Waals surface area contributed by atoms with Crippen molar-refractivity contribution in [1.29, 1.82) is 0 Å². The lowest BCUT2D eigenvalue weighted by Crippen LogP contribution is -1.97. The molecule has 1 aromatic heterocycles. The monoisotopic (exact) mass is 309 g/mol. The summed E-state index contributed by atoms with van der Waals surface area (Å²) in [6, 6.07) is 14.1. The minimum atomic E-state index is 0.815. The summed E-state index contributed by atoms with van der Waals surface area (Å²) < 4.78 is 5.79. The summed E-state index contributed by atoms with van der Waals surface area (Å²) >= 11 is 0. The normalized spacial score (nSPS) is 11.0. The van der Waals surface area contributed by atoms with Crippen LogP contribution in [0, 0.1) is 0 Å². The number of rotatable bonds is 10. The molecule has 1 aromatic carbocycles. The average molecular weight is 309 g/mol.